The number of amides is 1. The van der Waals surface area contributed by atoms with Crippen LogP contribution in [0.15, 0.2) is 24.3 Å². The summed E-state index contributed by atoms with van der Waals surface area (Å²) in [7, 11) is 0. The van der Waals surface area contributed by atoms with Gasteiger partial charge in [-0.05, 0) is 69.8 Å². The molecule has 3 rings (SSSR count). The average Bonchev–Trinajstić information content (AvgIpc) is 3.15. The van der Waals surface area contributed by atoms with E-state index in [1.807, 2.05) is 4.90 Å². The first-order valence-corrected chi connectivity index (χ1v) is 9.13. The fourth-order valence-electron chi connectivity index (χ4n) is 4.02. The Labute approximate surface area is 147 Å². The van der Waals surface area contributed by atoms with Gasteiger partial charge in [-0.2, -0.15) is 8.78 Å². The molecule has 0 N–H and O–H groups in total. The summed E-state index contributed by atoms with van der Waals surface area (Å²) in [6, 6.07) is 6.63. The van der Waals surface area contributed by atoms with Crippen molar-refractivity contribution >= 4 is 5.91 Å². The zero-order chi connectivity index (χ0) is 17.8. The Kier molecular flexibility index (Phi) is 5.89. The van der Waals surface area contributed by atoms with Gasteiger partial charge in [-0.3, -0.25) is 4.79 Å². The Balaban J connectivity index is 1.56. The van der Waals surface area contributed by atoms with Crippen molar-refractivity contribution in [3.8, 4) is 5.75 Å². The summed E-state index contributed by atoms with van der Waals surface area (Å²) in [5.74, 6) is 0.543. The molecule has 1 amide bonds. The molecule has 2 aliphatic rings. The second-order valence-electron chi connectivity index (χ2n) is 7.02. The van der Waals surface area contributed by atoms with Crippen molar-refractivity contribution in [3.05, 3.63) is 29.8 Å². The molecule has 0 saturated carbocycles. The van der Waals surface area contributed by atoms with Crippen LogP contribution in [0, 0.1) is 5.92 Å². The highest BCUT2D eigenvalue weighted by atomic mass is 19.3. The van der Waals surface area contributed by atoms with E-state index >= 15 is 0 Å². The van der Waals surface area contributed by atoms with Gasteiger partial charge in [0.1, 0.15) is 5.75 Å². The summed E-state index contributed by atoms with van der Waals surface area (Å²) in [4.78, 5) is 17.0. The summed E-state index contributed by atoms with van der Waals surface area (Å²) >= 11 is 0. The normalized spacial score (nSPS) is 20.9. The van der Waals surface area contributed by atoms with Gasteiger partial charge in [-0.15, -0.1) is 0 Å². The molecule has 0 unspecified atom stereocenters. The number of piperidine rings is 1. The van der Waals surface area contributed by atoms with Gasteiger partial charge < -0.3 is 14.5 Å². The number of nitrogens with zero attached hydrogens (tertiary/aromatic N) is 2. The standard InChI is InChI=1S/C19H26F2N2O2/c1-14(22-9-2-3-10-22)15-7-11-23(12-8-15)18(24)16-5-4-6-17(13-16)25-19(20)21/h4-6,13-15,19H,2-3,7-12H2,1H3/t14-/m0/s1. The van der Waals surface area contributed by atoms with Gasteiger partial charge in [0.2, 0.25) is 0 Å². The Bertz CT molecular complexity index is 583. The lowest BCUT2D eigenvalue weighted by molar-refractivity contribution is -0.0499. The molecule has 1 aromatic carbocycles. The van der Waals surface area contributed by atoms with Crippen molar-refractivity contribution in [3.63, 3.8) is 0 Å². The summed E-state index contributed by atoms with van der Waals surface area (Å²) in [5, 5.41) is 0. The Morgan fingerprint density at radius 3 is 2.48 bits per heavy atom. The smallest absolute Gasteiger partial charge is 0.387 e. The third-order valence-corrected chi connectivity index (χ3v) is 5.53. The van der Waals surface area contributed by atoms with E-state index in [0.717, 1.165) is 25.9 Å². The van der Waals surface area contributed by atoms with Crippen molar-refractivity contribution in [2.75, 3.05) is 26.2 Å². The minimum absolute atomic E-state index is 0.0263. The van der Waals surface area contributed by atoms with Crippen LogP contribution < -0.4 is 4.74 Å². The molecular formula is C19H26F2N2O2. The Morgan fingerprint density at radius 1 is 1.16 bits per heavy atom. The number of carbonyl (C=O) groups excluding carboxylic acids is 1. The number of likely N-dealkylation sites (tertiary alicyclic amines) is 2. The van der Waals surface area contributed by atoms with Crippen molar-refractivity contribution in [1.82, 2.24) is 9.80 Å². The SMILES string of the molecule is C[C@@H](C1CCN(C(=O)c2cccc(OC(F)F)c2)CC1)N1CCCC1. The molecule has 0 radical (unpaired) electrons. The maximum atomic E-state index is 12.6. The summed E-state index contributed by atoms with van der Waals surface area (Å²) < 4.78 is 29.1. The van der Waals surface area contributed by atoms with E-state index in [0.29, 0.717) is 17.5 Å². The lowest BCUT2D eigenvalue weighted by atomic mass is 9.89. The third-order valence-electron chi connectivity index (χ3n) is 5.53. The number of hydrogen-bond donors (Lipinski definition) is 0. The van der Waals surface area contributed by atoms with Gasteiger partial charge in [0, 0.05) is 24.7 Å². The van der Waals surface area contributed by atoms with E-state index in [-0.39, 0.29) is 11.7 Å². The number of carbonyl (C=O) groups is 1. The van der Waals surface area contributed by atoms with Crippen LogP contribution in [0.2, 0.25) is 0 Å². The zero-order valence-electron chi connectivity index (χ0n) is 14.7. The number of alkyl halides is 2. The average molecular weight is 352 g/mol. The zero-order valence-corrected chi connectivity index (χ0v) is 14.7. The van der Waals surface area contributed by atoms with Gasteiger partial charge >= 0.3 is 6.61 Å². The van der Waals surface area contributed by atoms with Gasteiger partial charge in [0.15, 0.2) is 0 Å². The highest BCUT2D eigenvalue weighted by Gasteiger charge is 2.30. The molecule has 4 nitrogen and oxygen atoms in total. The monoisotopic (exact) mass is 352 g/mol. The first kappa shape index (κ1) is 18.1. The Hall–Kier alpha value is -1.69. The Morgan fingerprint density at radius 2 is 1.84 bits per heavy atom. The number of benzene rings is 1. The quantitative estimate of drug-likeness (QED) is 0.811. The largest absolute Gasteiger partial charge is 0.435 e. The molecule has 0 aliphatic carbocycles. The van der Waals surface area contributed by atoms with Crippen LogP contribution in [0.25, 0.3) is 0 Å². The van der Waals surface area contributed by atoms with Crippen molar-refractivity contribution in [2.45, 2.75) is 45.3 Å². The van der Waals surface area contributed by atoms with Crippen LogP contribution in [-0.2, 0) is 0 Å². The molecule has 2 heterocycles. The van der Waals surface area contributed by atoms with E-state index in [9.17, 15) is 13.6 Å². The van der Waals surface area contributed by atoms with E-state index < -0.39 is 6.61 Å². The molecule has 1 aromatic rings. The molecule has 2 aliphatic heterocycles. The lowest BCUT2D eigenvalue weighted by Crippen LogP contribution is -2.45. The molecule has 2 saturated heterocycles. The molecule has 0 aromatic heterocycles. The predicted octanol–water partition coefficient (Wildman–Crippen LogP) is 3.62. The van der Waals surface area contributed by atoms with Crippen molar-refractivity contribution < 1.29 is 18.3 Å². The second-order valence-corrected chi connectivity index (χ2v) is 7.02. The third kappa shape index (κ3) is 4.48. The number of halogens is 2. The highest BCUT2D eigenvalue weighted by molar-refractivity contribution is 5.94. The first-order chi connectivity index (χ1) is 12.0. The summed E-state index contributed by atoms with van der Waals surface area (Å²) in [6.45, 7) is 3.25. The van der Waals surface area contributed by atoms with Crippen LogP contribution in [-0.4, -0.2) is 54.5 Å². The van der Waals surface area contributed by atoms with Crippen molar-refractivity contribution in [1.29, 1.82) is 0 Å². The minimum Gasteiger partial charge on any atom is -0.435 e. The van der Waals surface area contributed by atoms with E-state index in [1.165, 1.54) is 38.1 Å². The summed E-state index contributed by atoms with van der Waals surface area (Å²) in [5.41, 5.74) is 0.407. The van der Waals surface area contributed by atoms with Gasteiger partial charge in [-0.25, -0.2) is 0 Å². The molecule has 0 spiro atoms. The van der Waals surface area contributed by atoms with E-state index in [4.69, 9.17) is 0 Å². The minimum atomic E-state index is -2.88. The maximum Gasteiger partial charge on any atom is 0.387 e. The van der Waals surface area contributed by atoms with Gasteiger partial charge in [0.25, 0.3) is 5.91 Å². The molecule has 0 bridgehead atoms. The molecule has 1 atom stereocenters. The topological polar surface area (TPSA) is 32.8 Å². The molecule has 2 fully saturated rings. The molecule has 25 heavy (non-hydrogen) atoms. The van der Waals surface area contributed by atoms with Crippen LogP contribution in [0.4, 0.5) is 8.78 Å². The second kappa shape index (κ2) is 8.13. The van der Waals surface area contributed by atoms with Crippen LogP contribution in [0.1, 0.15) is 43.0 Å². The number of ether oxygens (including phenoxy) is 1. The van der Waals surface area contributed by atoms with E-state index in [1.54, 1.807) is 12.1 Å². The molecular weight excluding hydrogens is 326 g/mol. The number of rotatable bonds is 5. The van der Waals surface area contributed by atoms with Gasteiger partial charge in [0.05, 0.1) is 0 Å². The van der Waals surface area contributed by atoms with Crippen LogP contribution >= 0.6 is 0 Å². The molecule has 138 valence electrons. The summed E-state index contributed by atoms with van der Waals surface area (Å²) in [6.07, 6.45) is 4.57. The number of hydrogen-bond acceptors (Lipinski definition) is 3. The molecule has 6 heteroatoms. The fraction of sp³-hybridized carbons (Fsp3) is 0.632. The van der Waals surface area contributed by atoms with Crippen molar-refractivity contribution in [2.24, 2.45) is 5.92 Å². The van der Waals surface area contributed by atoms with E-state index in [2.05, 4.69) is 16.6 Å². The van der Waals surface area contributed by atoms with Crippen LogP contribution in [0.5, 0.6) is 5.75 Å². The lowest BCUT2D eigenvalue weighted by Gasteiger charge is -2.38. The fourth-order valence-corrected chi connectivity index (χ4v) is 4.02. The highest BCUT2D eigenvalue weighted by Crippen LogP contribution is 2.27. The first-order valence-electron chi connectivity index (χ1n) is 9.13. The van der Waals surface area contributed by atoms with Crippen LogP contribution in [0.3, 0.4) is 0 Å². The van der Waals surface area contributed by atoms with Gasteiger partial charge in [-0.1, -0.05) is 6.07 Å². The predicted molar refractivity (Wildman–Crippen MR) is 92.0 cm³/mol. The maximum absolute atomic E-state index is 12.6.